The molecule has 0 aromatic rings. The average Bonchev–Trinajstić information content (AvgIpc) is 1.73. The van der Waals surface area contributed by atoms with Gasteiger partial charge in [-0.1, -0.05) is 13.8 Å². The van der Waals surface area contributed by atoms with Gasteiger partial charge in [-0.05, 0) is 12.8 Å². The number of nitrogens with one attached hydrogen (secondary N) is 1. The molecule has 1 aliphatic rings. The largest absolute Gasteiger partial charge is 0.312 e. The highest BCUT2D eigenvalue weighted by molar-refractivity contribution is 7.91. The average molecular weight is 191 g/mol. The standard InChI is InChI=1S/C8H17NO2S/c1-6(2)9-7-4-8(5-7)12(3,10)11/h6-9H,4-5H2,1-3H3. The van der Waals surface area contributed by atoms with Crippen LogP contribution < -0.4 is 5.32 Å². The van der Waals surface area contributed by atoms with Gasteiger partial charge in [0.25, 0.3) is 0 Å². The fourth-order valence-corrected chi connectivity index (χ4v) is 2.69. The Labute approximate surface area is 74.5 Å². The van der Waals surface area contributed by atoms with Gasteiger partial charge >= 0.3 is 0 Å². The second-order valence-electron chi connectivity index (χ2n) is 3.94. The number of sulfone groups is 1. The van der Waals surface area contributed by atoms with Crippen LogP contribution in [-0.2, 0) is 9.84 Å². The Bertz CT molecular complexity index is 240. The van der Waals surface area contributed by atoms with Crippen LogP contribution >= 0.6 is 0 Å². The number of hydrogen-bond acceptors (Lipinski definition) is 3. The lowest BCUT2D eigenvalue weighted by molar-refractivity contribution is 0.319. The monoisotopic (exact) mass is 191 g/mol. The van der Waals surface area contributed by atoms with Crippen molar-refractivity contribution in [1.82, 2.24) is 5.32 Å². The van der Waals surface area contributed by atoms with Crippen molar-refractivity contribution in [2.45, 2.75) is 44.0 Å². The van der Waals surface area contributed by atoms with Crippen LogP contribution in [0.3, 0.4) is 0 Å². The summed E-state index contributed by atoms with van der Waals surface area (Å²) in [6, 6.07) is 0.875. The van der Waals surface area contributed by atoms with Gasteiger partial charge in [-0.25, -0.2) is 8.42 Å². The molecule has 1 N–H and O–H groups in total. The Morgan fingerprint density at radius 1 is 1.33 bits per heavy atom. The number of hydrogen-bond donors (Lipinski definition) is 1. The summed E-state index contributed by atoms with van der Waals surface area (Å²) in [5.74, 6) is 0. The molecule has 1 aliphatic carbocycles. The zero-order valence-electron chi connectivity index (χ0n) is 7.87. The van der Waals surface area contributed by atoms with Gasteiger partial charge in [-0.15, -0.1) is 0 Å². The molecule has 3 nitrogen and oxygen atoms in total. The van der Waals surface area contributed by atoms with Crippen LogP contribution in [0.5, 0.6) is 0 Å². The molecule has 0 bridgehead atoms. The molecule has 1 rings (SSSR count). The van der Waals surface area contributed by atoms with Crippen LogP contribution in [0.1, 0.15) is 26.7 Å². The van der Waals surface area contributed by atoms with Crippen molar-refractivity contribution in [2.75, 3.05) is 6.26 Å². The van der Waals surface area contributed by atoms with Gasteiger partial charge in [-0.3, -0.25) is 0 Å². The van der Waals surface area contributed by atoms with Gasteiger partial charge < -0.3 is 5.32 Å². The topological polar surface area (TPSA) is 46.2 Å². The van der Waals surface area contributed by atoms with Crippen molar-refractivity contribution in [3.8, 4) is 0 Å². The molecule has 1 fully saturated rings. The molecule has 72 valence electrons. The van der Waals surface area contributed by atoms with Crippen LogP contribution in [0.4, 0.5) is 0 Å². The summed E-state index contributed by atoms with van der Waals surface area (Å²) in [5, 5.41) is 3.23. The third kappa shape index (κ3) is 2.45. The maximum Gasteiger partial charge on any atom is 0.150 e. The predicted molar refractivity (Wildman–Crippen MR) is 49.9 cm³/mol. The van der Waals surface area contributed by atoms with Gasteiger partial charge in [0.1, 0.15) is 9.84 Å². The summed E-state index contributed by atoms with van der Waals surface area (Å²) in [5.41, 5.74) is 0. The summed E-state index contributed by atoms with van der Waals surface area (Å²) >= 11 is 0. The summed E-state index contributed by atoms with van der Waals surface area (Å²) in [4.78, 5) is 0. The van der Waals surface area contributed by atoms with E-state index in [1.807, 2.05) is 0 Å². The first-order valence-electron chi connectivity index (χ1n) is 4.34. The van der Waals surface area contributed by atoms with E-state index >= 15 is 0 Å². The summed E-state index contributed by atoms with van der Waals surface area (Å²) in [6.07, 6.45) is 2.90. The molecular formula is C8H17NO2S. The van der Waals surface area contributed by atoms with E-state index < -0.39 is 9.84 Å². The van der Waals surface area contributed by atoms with E-state index in [1.54, 1.807) is 0 Å². The second-order valence-corrected chi connectivity index (χ2v) is 6.27. The summed E-state index contributed by atoms with van der Waals surface area (Å²) < 4.78 is 22.0. The van der Waals surface area contributed by atoms with Gasteiger partial charge in [0.2, 0.25) is 0 Å². The molecule has 4 heteroatoms. The lowest BCUT2D eigenvalue weighted by atomic mass is 9.92. The van der Waals surface area contributed by atoms with Crippen LogP contribution in [0, 0.1) is 0 Å². The molecule has 1 saturated carbocycles. The van der Waals surface area contributed by atoms with Gasteiger partial charge in [0.15, 0.2) is 0 Å². The highest BCUT2D eigenvalue weighted by Gasteiger charge is 2.35. The molecule has 0 spiro atoms. The van der Waals surface area contributed by atoms with E-state index in [2.05, 4.69) is 19.2 Å². The SMILES string of the molecule is CC(C)NC1CC(S(C)(=O)=O)C1. The van der Waals surface area contributed by atoms with Crippen LogP contribution in [0.15, 0.2) is 0 Å². The Kier molecular flexibility index (Phi) is 2.78. The van der Waals surface area contributed by atoms with Crippen LogP contribution in [-0.4, -0.2) is 32.0 Å². The maximum absolute atomic E-state index is 11.0. The van der Waals surface area contributed by atoms with E-state index in [1.165, 1.54) is 6.26 Å². The van der Waals surface area contributed by atoms with Crippen molar-refractivity contribution in [3.05, 3.63) is 0 Å². The first kappa shape index (κ1) is 9.99. The van der Waals surface area contributed by atoms with E-state index in [-0.39, 0.29) is 5.25 Å². The van der Waals surface area contributed by atoms with Crippen LogP contribution in [0.2, 0.25) is 0 Å². The van der Waals surface area contributed by atoms with E-state index in [9.17, 15) is 8.42 Å². The third-order valence-corrected chi connectivity index (χ3v) is 3.87. The zero-order valence-corrected chi connectivity index (χ0v) is 8.69. The summed E-state index contributed by atoms with van der Waals surface area (Å²) in [7, 11) is -2.77. The molecule has 0 saturated heterocycles. The molecule has 0 aromatic heterocycles. The van der Waals surface area contributed by atoms with Crippen LogP contribution in [0.25, 0.3) is 0 Å². The fourth-order valence-electron chi connectivity index (χ4n) is 1.52. The minimum absolute atomic E-state index is 0.0891. The smallest absolute Gasteiger partial charge is 0.150 e. The quantitative estimate of drug-likeness (QED) is 0.709. The Balaban J connectivity index is 2.30. The summed E-state index contributed by atoms with van der Waals surface area (Å²) in [6.45, 7) is 4.15. The van der Waals surface area contributed by atoms with Crippen molar-refractivity contribution >= 4 is 9.84 Å². The first-order valence-corrected chi connectivity index (χ1v) is 6.30. The maximum atomic E-state index is 11.0. The second kappa shape index (κ2) is 3.34. The fraction of sp³-hybridized carbons (Fsp3) is 1.00. The zero-order chi connectivity index (χ0) is 9.35. The molecule has 0 radical (unpaired) electrons. The minimum atomic E-state index is -2.77. The van der Waals surface area contributed by atoms with E-state index in [0.29, 0.717) is 12.1 Å². The predicted octanol–water partition coefficient (Wildman–Crippen LogP) is 0.560. The molecule has 0 amide bonds. The third-order valence-electron chi connectivity index (χ3n) is 2.27. The highest BCUT2D eigenvalue weighted by atomic mass is 32.2. The van der Waals surface area contributed by atoms with Crippen molar-refractivity contribution in [2.24, 2.45) is 0 Å². The molecule has 0 unspecified atom stereocenters. The normalized spacial score (nSPS) is 30.3. The molecular weight excluding hydrogens is 174 g/mol. The molecule has 0 atom stereocenters. The lowest BCUT2D eigenvalue weighted by Gasteiger charge is -2.35. The van der Waals surface area contributed by atoms with E-state index in [4.69, 9.17) is 0 Å². The first-order chi connectivity index (χ1) is 5.39. The molecule has 0 aromatic carbocycles. The molecule has 12 heavy (non-hydrogen) atoms. The van der Waals surface area contributed by atoms with Crippen molar-refractivity contribution in [1.29, 1.82) is 0 Å². The Morgan fingerprint density at radius 2 is 1.83 bits per heavy atom. The lowest BCUT2D eigenvalue weighted by Crippen LogP contribution is -2.49. The highest BCUT2D eigenvalue weighted by Crippen LogP contribution is 2.26. The molecule has 0 heterocycles. The van der Waals surface area contributed by atoms with Crippen molar-refractivity contribution in [3.63, 3.8) is 0 Å². The van der Waals surface area contributed by atoms with Gasteiger partial charge in [0.05, 0.1) is 5.25 Å². The van der Waals surface area contributed by atoms with E-state index in [0.717, 1.165) is 12.8 Å². The Hall–Kier alpha value is -0.0900. The minimum Gasteiger partial charge on any atom is -0.312 e. The Morgan fingerprint density at radius 3 is 2.17 bits per heavy atom. The van der Waals surface area contributed by atoms with Crippen molar-refractivity contribution < 1.29 is 8.42 Å². The molecule has 0 aliphatic heterocycles. The van der Waals surface area contributed by atoms with Gasteiger partial charge in [0, 0.05) is 18.3 Å². The number of rotatable bonds is 3. The van der Waals surface area contributed by atoms with Gasteiger partial charge in [-0.2, -0.15) is 0 Å².